The topological polar surface area (TPSA) is 142 Å². The van der Waals surface area contributed by atoms with Crippen molar-refractivity contribution in [1.29, 1.82) is 0 Å². The number of carboxylic acid groups (broad SMARTS) is 1. The summed E-state index contributed by atoms with van der Waals surface area (Å²) in [5.74, 6) is 0.136. The van der Waals surface area contributed by atoms with Gasteiger partial charge in [-0.25, -0.2) is 14.8 Å². The van der Waals surface area contributed by atoms with Gasteiger partial charge >= 0.3 is 5.97 Å². The fourth-order valence-electron chi connectivity index (χ4n) is 3.15. The first-order valence-corrected chi connectivity index (χ1v) is 8.95. The summed E-state index contributed by atoms with van der Waals surface area (Å²) in [7, 11) is 0. The number of rotatable bonds is 4. The van der Waals surface area contributed by atoms with Crippen LogP contribution >= 0.6 is 0 Å². The van der Waals surface area contributed by atoms with Crippen LogP contribution < -0.4 is 15.4 Å². The van der Waals surface area contributed by atoms with E-state index < -0.39 is 5.97 Å². The number of nitrogens with zero attached hydrogens (tertiary/aromatic N) is 3. The van der Waals surface area contributed by atoms with Crippen LogP contribution in [0.15, 0.2) is 48.7 Å². The molecule has 0 saturated heterocycles. The molecule has 10 heteroatoms. The average Bonchev–Trinajstić information content (AvgIpc) is 3.22. The Kier molecular flexibility index (Phi) is 4.02. The summed E-state index contributed by atoms with van der Waals surface area (Å²) in [6, 6.07) is 11.7. The van der Waals surface area contributed by atoms with E-state index in [0.717, 1.165) is 0 Å². The van der Waals surface area contributed by atoms with Crippen LogP contribution in [0.25, 0.3) is 22.4 Å². The summed E-state index contributed by atoms with van der Waals surface area (Å²) in [4.78, 5) is 31.9. The largest absolute Gasteiger partial charge is 0.482 e. The Morgan fingerprint density at radius 1 is 1.17 bits per heavy atom. The molecule has 30 heavy (non-hydrogen) atoms. The second kappa shape index (κ2) is 6.85. The number of carbonyl (C=O) groups excluding carboxylic acids is 1. The predicted octanol–water partition coefficient (Wildman–Crippen LogP) is 2.79. The molecule has 10 nitrogen and oxygen atoms in total. The zero-order chi connectivity index (χ0) is 20.7. The van der Waals surface area contributed by atoms with Gasteiger partial charge in [0, 0.05) is 11.3 Å². The molecule has 3 heterocycles. The third-order valence-electron chi connectivity index (χ3n) is 4.54. The normalized spacial score (nSPS) is 12.7. The van der Waals surface area contributed by atoms with Gasteiger partial charge in [0.25, 0.3) is 5.91 Å². The maximum absolute atomic E-state index is 11.6. The monoisotopic (exact) mass is 402 g/mol. The SMILES string of the molecule is O=C1COc2ccc(Nc3nc(-c4cccc(C(=O)O)c4)nc4cn[nH]c34)cc2N1. The standard InChI is InChI=1S/C20H14N6O4/c27-16-9-30-15-5-4-12(7-13(15)23-16)22-19-17-14(8-21-26-17)24-18(25-19)10-2-1-3-11(6-10)20(28)29/h1-8H,9H2,(H,21,26)(H,23,27)(H,28,29)(H,22,24,25). The summed E-state index contributed by atoms with van der Waals surface area (Å²) in [5, 5.41) is 22.1. The fourth-order valence-corrected chi connectivity index (χ4v) is 3.15. The Morgan fingerprint density at radius 2 is 2.07 bits per heavy atom. The first kappa shape index (κ1) is 17.6. The number of benzene rings is 2. The average molecular weight is 402 g/mol. The molecular formula is C20H14N6O4. The highest BCUT2D eigenvalue weighted by Crippen LogP contribution is 2.33. The Labute approximate surface area is 168 Å². The van der Waals surface area contributed by atoms with Crippen molar-refractivity contribution in [2.24, 2.45) is 0 Å². The second-order valence-corrected chi connectivity index (χ2v) is 6.58. The summed E-state index contributed by atoms with van der Waals surface area (Å²) in [6.07, 6.45) is 1.56. The van der Waals surface area contributed by atoms with Gasteiger partial charge in [-0.15, -0.1) is 0 Å². The number of hydrogen-bond donors (Lipinski definition) is 4. The van der Waals surface area contributed by atoms with E-state index >= 15 is 0 Å². The van der Waals surface area contributed by atoms with Gasteiger partial charge < -0.3 is 20.5 Å². The number of aromatic amines is 1. The van der Waals surface area contributed by atoms with Crippen molar-refractivity contribution in [3.8, 4) is 17.1 Å². The van der Waals surface area contributed by atoms with E-state index in [2.05, 4.69) is 30.8 Å². The van der Waals surface area contributed by atoms with E-state index in [0.29, 0.717) is 45.4 Å². The van der Waals surface area contributed by atoms with Gasteiger partial charge in [0.2, 0.25) is 0 Å². The van der Waals surface area contributed by atoms with Gasteiger partial charge in [-0.1, -0.05) is 12.1 Å². The summed E-state index contributed by atoms with van der Waals surface area (Å²) in [6.45, 7) is -0.0147. The lowest BCUT2D eigenvalue weighted by Gasteiger charge is -2.19. The molecule has 2 aromatic heterocycles. The number of anilines is 3. The quantitative estimate of drug-likeness (QED) is 0.408. The lowest BCUT2D eigenvalue weighted by atomic mass is 10.1. The molecule has 0 aliphatic carbocycles. The predicted molar refractivity (Wildman–Crippen MR) is 108 cm³/mol. The number of hydrogen-bond acceptors (Lipinski definition) is 7. The molecule has 0 bridgehead atoms. The lowest BCUT2D eigenvalue weighted by Crippen LogP contribution is -2.25. The van der Waals surface area contributed by atoms with Crippen LogP contribution in [0.2, 0.25) is 0 Å². The highest BCUT2D eigenvalue weighted by atomic mass is 16.5. The van der Waals surface area contributed by atoms with E-state index in [1.165, 1.54) is 12.1 Å². The maximum atomic E-state index is 11.6. The minimum absolute atomic E-state index is 0.0147. The summed E-state index contributed by atoms with van der Waals surface area (Å²) < 4.78 is 5.38. The van der Waals surface area contributed by atoms with Crippen LogP contribution in [0.4, 0.5) is 17.2 Å². The molecule has 0 radical (unpaired) electrons. The van der Waals surface area contributed by atoms with E-state index in [1.807, 2.05) is 0 Å². The van der Waals surface area contributed by atoms with Crippen molar-refractivity contribution >= 4 is 40.1 Å². The molecule has 2 aromatic carbocycles. The lowest BCUT2D eigenvalue weighted by molar-refractivity contribution is -0.118. The number of nitrogens with one attached hydrogen (secondary N) is 3. The van der Waals surface area contributed by atoms with Crippen molar-refractivity contribution in [3.05, 3.63) is 54.2 Å². The molecule has 4 N–H and O–H groups in total. The zero-order valence-electron chi connectivity index (χ0n) is 15.3. The smallest absolute Gasteiger partial charge is 0.335 e. The summed E-state index contributed by atoms with van der Waals surface area (Å²) >= 11 is 0. The van der Waals surface area contributed by atoms with Crippen LogP contribution in [0, 0.1) is 0 Å². The highest BCUT2D eigenvalue weighted by Gasteiger charge is 2.17. The van der Waals surface area contributed by atoms with Gasteiger partial charge in [-0.3, -0.25) is 9.89 Å². The van der Waals surface area contributed by atoms with Crippen molar-refractivity contribution < 1.29 is 19.4 Å². The number of amides is 1. The molecule has 0 saturated carbocycles. The van der Waals surface area contributed by atoms with E-state index in [1.54, 1.807) is 36.5 Å². The molecule has 0 spiro atoms. The molecule has 1 amide bonds. The zero-order valence-corrected chi connectivity index (χ0v) is 15.3. The number of carboxylic acids is 1. The van der Waals surface area contributed by atoms with Gasteiger partial charge in [0.1, 0.15) is 16.8 Å². The number of ether oxygens (including phenoxy) is 1. The van der Waals surface area contributed by atoms with E-state index in [4.69, 9.17) is 4.74 Å². The molecular weight excluding hydrogens is 388 g/mol. The Bertz CT molecular complexity index is 1320. The van der Waals surface area contributed by atoms with Crippen LogP contribution in [-0.4, -0.2) is 43.8 Å². The van der Waals surface area contributed by atoms with Gasteiger partial charge in [-0.05, 0) is 30.3 Å². The molecule has 5 rings (SSSR count). The van der Waals surface area contributed by atoms with Crippen molar-refractivity contribution in [1.82, 2.24) is 20.2 Å². The van der Waals surface area contributed by atoms with E-state index in [9.17, 15) is 14.7 Å². The Morgan fingerprint density at radius 3 is 2.93 bits per heavy atom. The van der Waals surface area contributed by atoms with Crippen molar-refractivity contribution in [3.63, 3.8) is 0 Å². The third-order valence-corrected chi connectivity index (χ3v) is 4.54. The number of carbonyl (C=O) groups is 2. The first-order chi connectivity index (χ1) is 14.6. The Hall–Kier alpha value is -4.47. The fraction of sp³-hybridized carbons (Fsp3) is 0.0500. The van der Waals surface area contributed by atoms with Gasteiger partial charge in [0.15, 0.2) is 18.2 Å². The number of aromatic carboxylic acids is 1. The third kappa shape index (κ3) is 3.15. The molecule has 1 aliphatic rings. The molecule has 1 aliphatic heterocycles. The molecule has 0 unspecified atom stereocenters. The van der Waals surface area contributed by atoms with Crippen LogP contribution in [0.1, 0.15) is 10.4 Å². The first-order valence-electron chi connectivity index (χ1n) is 8.95. The van der Waals surface area contributed by atoms with Gasteiger partial charge in [0.05, 0.1) is 17.4 Å². The highest BCUT2D eigenvalue weighted by molar-refractivity contribution is 5.96. The molecule has 0 atom stereocenters. The maximum Gasteiger partial charge on any atom is 0.335 e. The summed E-state index contributed by atoms with van der Waals surface area (Å²) in [5.41, 5.74) is 3.08. The van der Waals surface area contributed by atoms with Crippen molar-refractivity contribution in [2.45, 2.75) is 0 Å². The molecule has 4 aromatic rings. The van der Waals surface area contributed by atoms with Gasteiger partial charge in [-0.2, -0.15) is 5.10 Å². The molecule has 0 fully saturated rings. The number of H-pyrrole nitrogens is 1. The minimum Gasteiger partial charge on any atom is -0.482 e. The minimum atomic E-state index is -1.03. The Balaban J connectivity index is 1.56. The second-order valence-electron chi connectivity index (χ2n) is 6.58. The van der Waals surface area contributed by atoms with Crippen LogP contribution in [0.5, 0.6) is 5.75 Å². The molecule has 148 valence electrons. The number of aromatic nitrogens is 4. The van der Waals surface area contributed by atoms with Crippen molar-refractivity contribution in [2.75, 3.05) is 17.2 Å². The van der Waals surface area contributed by atoms with Crippen LogP contribution in [0.3, 0.4) is 0 Å². The van der Waals surface area contributed by atoms with Crippen LogP contribution in [-0.2, 0) is 4.79 Å². The number of fused-ring (bicyclic) bond motifs is 2. The van der Waals surface area contributed by atoms with E-state index in [-0.39, 0.29) is 18.1 Å².